The molecule has 1 unspecified atom stereocenters. The van der Waals surface area contributed by atoms with Crippen LogP contribution in [0.2, 0.25) is 0 Å². The maximum absolute atomic E-state index is 12.5. The Bertz CT molecular complexity index is 148. The molecule has 1 saturated carbocycles. The number of nitrogens with two attached hydrogens (primary N) is 1. The summed E-state index contributed by atoms with van der Waals surface area (Å²) in [6.07, 6.45) is 2.17. The molecule has 0 aromatic heterocycles. The van der Waals surface area contributed by atoms with Crippen molar-refractivity contribution in [1.82, 2.24) is 0 Å². The highest BCUT2D eigenvalue weighted by atomic mass is 19.3. The van der Waals surface area contributed by atoms with Crippen molar-refractivity contribution in [2.45, 2.75) is 31.8 Å². The van der Waals surface area contributed by atoms with E-state index in [0.717, 1.165) is 12.8 Å². The maximum atomic E-state index is 12.5. The van der Waals surface area contributed by atoms with Crippen molar-refractivity contribution in [3.63, 3.8) is 0 Å². The van der Waals surface area contributed by atoms with Crippen molar-refractivity contribution in [3.8, 4) is 0 Å². The molecule has 0 radical (unpaired) electrons. The summed E-state index contributed by atoms with van der Waals surface area (Å²) in [4.78, 5) is 0. The van der Waals surface area contributed by atoms with E-state index in [4.69, 9.17) is 10.5 Å². The van der Waals surface area contributed by atoms with E-state index in [0.29, 0.717) is 5.92 Å². The van der Waals surface area contributed by atoms with Crippen molar-refractivity contribution in [1.29, 1.82) is 0 Å². The number of rotatable bonds is 5. The Morgan fingerprint density at radius 2 is 2.17 bits per heavy atom. The lowest BCUT2D eigenvalue weighted by Crippen LogP contribution is -2.34. The van der Waals surface area contributed by atoms with Gasteiger partial charge in [-0.3, -0.25) is 0 Å². The molecule has 1 aliphatic carbocycles. The van der Waals surface area contributed by atoms with E-state index >= 15 is 0 Å². The summed E-state index contributed by atoms with van der Waals surface area (Å²) in [6, 6.07) is 0. The van der Waals surface area contributed by atoms with Crippen molar-refractivity contribution in [2.75, 3.05) is 13.2 Å². The van der Waals surface area contributed by atoms with Crippen LogP contribution in [0, 0.1) is 5.92 Å². The van der Waals surface area contributed by atoms with E-state index in [2.05, 4.69) is 0 Å². The Morgan fingerprint density at radius 3 is 2.58 bits per heavy atom. The van der Waals surface area contributed by atoms with Gasteiger partial charge in [0, 0.05) is 0 Å². The Kier molecular flexibility index (Phi) is 3.01. The molecule has 72 valence electrons. The molecule has 0 aromatic rings. The number of halogens is 2. The lowest BCUT2D eigenvalue weighted by atomic mass is 10.2. The summed E-state index contributed by atoms with van der Waals surface area (Å²) >= 11 is 0. The molecule has 4 heteroatoms. The molecule has 1 aliphatic rings. The standard InChI is InChI=1S/C8H15F2NO/c1-6(7-2-3-7)12-5-8(9,10)4-11/h6-7H,2-5,11H2,1H3. The Labute approximate surface area is 71.1 Å². The fraction of sp³-hybridized carbons (Fsp3) is 1.00. The van der Waals surface area contributed by atoms with Crippen LogP contribution in [-0.2, 0) is 4.74 Å². The van der Waals surface area contributed by atoms with Gasteiger partial charge in [-0.1, -0.05) is 0 Å². The van der Waals surface area contributed by atoms with E-state index in [-0.39, 0.29) is 6.10 Å². The molecule has 0 aliphatic heterocycles. The molecule has 1 fully saturated rings. The van der Waals surface area contributed by atoms with Crippen molar-refractivity contribution in [3.05, 3.63) is 0 Å². The summed E-state index contributed by atoms with van der Waals surface area (Å²) in [6.45, 7) is 0.663. The number of ether oxygens (including phenoxy) is 1. The first kappa shape index (κ1) is 9.86. The summed E-state index contributed by atoms with van der Waals surface area (Å²) < 4.78 is 30.1. The van der Waals surface area contributed by atoms with Crippen LogP contribution in [0.3, 0.4) is 0 Å². The third kappa shape index (κ3) is 3.03. The lowest BCUT2D eigenvalue weighted by molar-refractivity contribution is -0.0931. The van der Waals surface area contributed by atoms with Gasteiger partial charge in [-0.2, -0.15) is 0 Å². The zero-order valence-electron chi connectivity index (χ0n) is 7.22. The third-order valence-corrected chi connectivity index (χ3v) is 2.14. The molecule has 0 saturated heterocycles. The largest absolute Gasteiger partial charge is 0.372 e. The summed E-state index contributed by atoms with van der Waals surface area (Å²) in [5, 5.41) is 0. The second-order valence-corrected chi connectivity index (χ2v) is 3.41. The quantitative estimate of drug-likeness (QED) is 0.692. The Morgan fingerprint density at radius 1 is 1.58 bits per heavy atom. The van der Waals surface area contributed by atoms with E-state index < -0.39 is 19.1 Å². The highest BCUT2D eigenvalue weighted by molar-refractivity contribution is 4.80. The molecule has 0 heterocycles. The number of hydrogen-bond donors (Lipinski definition) is 1. The lowest BCUT2D eigenvalue weighted by Gasteiger charge is -2.17. The van der Waals surface area contributed by atoms with E-state index in [1.807, 2.05) is 6.92 Å². The van der Waals surface area contributed by atoms with E-state index in [1.54, 1.807) is 0 Å². The molecular weight excluding hydrogens is 164 g/mol. The molecule has 1 rings (SSSR count). The van der Waals surface area contributed by atoms with Crippen LogP contribution < -0.4 is 5.73 Å². The van der Waals surface area contributed by atoms with Crippen LogP contribution in [0.25, 0.3) is 0 Å². The maximum Gasteiger partial charge on any atom is 0.282 e. The van der Waals surface area contributed by atoms with Gasteiger partial charge in [0.2, 0.25) is 0 Å². The van der Waals surface area contributed by atoms with E-state index in [1.165, 1.54) is 0 Å². The molecule has 0 aromatic carbocycles. The molecule has 12 heavy (non-hydrogen) atoms. The monoisotopic (exact) mass is 179 g/mol. The molecule has 2 N–H and O–H groups in total. The summed E-state index contributed by atoms with van der Waals surface area (Å²) in [5.74, 6) is -2.36. The van der Waals surface area contributed by atoms with E-state index in [9.17, 15) is 8.78 Å². The first-order chi connectivity index (χ1) is 5.55. The molecule has 0 bridgehead atoms. The van der Waals surface area contributed by atoms with Gasteiger partial charge in [-0.15, -0.1) is 0 Å². The van der Waals surface area contributed by atoms with Crippen LogP contribution in [-0.4, -0.2) is 25.2 Å². The minimum absolute atomic E-state index is 0.0394. The molecule has 2 nitrogen and oxygen atoms in total. The normalized spacial score (nSPS) is 21.0. The second-order valence-electron chi connectivity index (χ2n) is 3.41. The van der Waals surface area contributed by atoms with Gasteiger partial charge >= 0.3 is 0 Å². The zero-order valence-corrected chi connectivity index (χ0v) is 7.22. The van der Waals surface area contributed by atoms with Crippen molar-refractivity contribution >= 4 is 0 Å². The number of alkyl halides is 2. The molecule has 0 spiro atoms. The fourth-order valence-electron chi connectivity index (χ4n) is 1.01. The minimum atomic E-state index is -2.86. The van der Waals surface area contributed by atoms with Gasteiger partial charge in [0.05, 0.1) is 12.6 Å². The highest BCUT2D eigenvalue weighted by Gasteiger charge is 2.33. The highest BCUT2D eigenvalue weighted by Crippen LogP contribution is 2.34. The SMILES string of the molecule is CC(OCC(F)(F)CN)C1CC1. The van der Waals surface area contributed by atoms with Gasteiger partial charge in [0.15, 0.2) is 0 Å². The fourth-order valence-corrected chi connectivity index (χ4v) is 1.01. The second kappa shape index (κ2) is 3.66. The summed E-state index contributed by atoms with van der Waals surface area (Å²) in [7, 11) is 0. The first-order valence-corrected chi connectivity index (χ1v) is 4.24. The van der Waals surface area contributed by atoms with Gasteiger partial charge in [-0.25, -0.2) is 8.78 Å². The van der Waals surface area contributed by atoms with Crippen LogP contribution in [0.4, 0.5) is 8.78 Å². The van der Waals surface area contributed by atoms with Crippen LogP contribution in [0.1, 0.15) is 19.8 Å². The van der Waals surface area contributed by atoms with Gasteiger partial charge < -0.3 is 10.5 Å². The molecule has 1 atom stereocenters. The predicted octanol–water partition coefficient (Wildman–Crippen LogP) is 1.40. The Hall–Kier alpha value is -0.220. The molecular formula is C8H15F2NO. The predicted molar refractivity (Wildman–Crippen MR) is 42.1 cm³/mol. The van der Waals surface area contributed by atoms with Gasteiger partial charge in [-0.05, 0) is 25.7 Å². The van der Waals surface area contributed by atoms with Crippen LogP contribution >= 0.6 is 0 Å². The average molecular weight is 179 g/mol. The topological polar surface area (TPSA) is 35.2 Å². The van der Waals surface area contributed by atoms with Crippen LogP contribution in [0.5, 0.6) is 0 Å². The van der Waals surface area contributed by atoms with Gasteiger partial charge in [0.25, 0.3) is 5.92 Å². The minimum Gasteiger partial charge on any atom is -0.372 e. The first-order valence-electron chi connectivity index (χ1n) is 4.24. The van der Waals surface area contributed by atoms with Crippen LogP contribution in [0.15, 0.2) is 0 Å². The number of hydrogen-bond acceptors (Lipinski definition) is 2. The molecule has 0 amide bonds. The zero-order chi connectivity index (χ0) is 9.19. The summed E-state index contributed by atoms with van der Waals surface area (Å²) in [5.41, 5.74) is 4.85. The average Bonchev–Trinajstić information content (AvgIpc) is 2.83. The Balaban J connectivity index is 2.14. The van der Waals surface area contributed by atoms with Crippen molar-refractivity contribution < 1.29 is 13.5 Å². The third-order valence-electron chi connectivity index (χ3n) is 2.14. The van der Waals surface area contributed by atoms with Crippen molar-refractivity contribution in [2.24, 2.45) is 11.7 Å². The van der Waals surface area contributed by atoms with Gasteiger partial charge in [0.1, 0.15) is 6.61 Å². The smallest absolute Gasteiger partial charge is 0.282 e.